The second-order valence-corrected chi connectivity index (χ2v) is 5.89. The van der Waals surface area contributed by atoms with Gasteiger partial charge < -0.3 is 0 Å². The standard InChI is InChI=1S/C22H14N/c1-2-7-18(8-3-1)23-20-14-12-17-10-9-15-5-4-6-16-11-13-19(20)22(17)21(15)16/h1-14H. The van der Waals surface area contributed by atoms with E-state index in [4.69, 9.17) is 5.32 Å². The quantitative estimate of drug-likeness (QED) is 0.346. The Kier molecular flexibility index (Phi) is 2.56. The Morgan fingerprint density at radius 3 is 1.91 bits per heavy atom. The molecule has 5 aromatic rings. The van der Waals surface area contributed by atoms with E-state index in [1.807, 2.05) is 30.3 Å². The highest BCUT2D eigenvalue weighted by Crippen LogP contribution is 2.38. The van der Waals surface area contributed by atoms with Gasteiger partial charge in [-0.25, -0.2) is 5.32 Å². The molecule has 0 amide bonds. The molecule has 5 aromatic carbocycles. The molecule has 1 heteroatoms. The van der Waals surface area contributed by atoms with Crippen molar-refractivity contribution in [2.24, 2.45) is 0 Å². The van der Waals surface area contributed by atoms with Crippen LogP contribution in [0.2, 0.25) is 0 Å². The number of hydrogen-bond donors (Lipinski definition) is 0. The number of para-hydroxylation sites is 1. The molecule has 23 heavy (non-hydrogen) atoms. The van der Waals surface area contributed by atoms with Crippen LogP contribution in [0.3, 0.4) is 0 Å². The fourth-order valence-corrected chi connectivity index (χ4v) is 3.46. The zero-order chi connectivity index (χ0) is 15.2. The van der Waals surface area contributed by atoms with E-state index in [0.717, 1.165) is 11.4 Å². The van der Waals surface area contributed by atoms with Crippen molar-refractivity contribution in [2.75, 3.05) is 0 Å². The summed E-state index contributed by atoms with van der Waals surface area (Å²) in [7, 11) is 0. The molecule has 0 aliphatic heterocycles. The molecular formula is C22H14N. The van der Waals surface area contributed by atoms with Crippen LogP contribution in [0.25, 0.3) is 32.3 Å². The minimum Gasteiger partial charge on any atom is -0.248 e. The molecule has 0 heterocycles. The van der Waals surface area contributed by atoms with Gasteiger partial charge in [0.05, 0.1) is 11.4 Å². The summed E-state index contributed by atoms with van der Waals surface area (Å²) in [6.45, 7) is 0. The minimum absolute atomic E-state index is 0.988. The molecule has 0 atom stereocenters. The Hall–Kier alpha value is -3.06. The molecule has 0 spiro atoms. The number of rotatable bonds is 2. The van der Waals surface area contributed by atoms with Gasteiger partial charge in [0, 0.05) is 5.39 Å². The predicted molar refractivity (Wildman–Crippen MR) is 98.0 cm³/mol. The first kappa shape index (κ1) is 12.5. The summed E-state index contributed by atoms with van der Waals surface area (Å²) in [6.07, 6.45) is 0. The average molecular weight is 292 g/mol. The number of hydrogen-bond acceptors (Lipinski definition) is 0. The van der Waals surface area contributed by atoms with Crippen LogP contribution in [0, 0.1) is 0 Å². The van der Waals surface area contributed by atoms with Crippen LogP contribution in [0.5, 0.6) is 0 Å². The lowest BCUT2D eigenvalue weighted by molar-refractivity contribution is 1.20. The molecule has 5 rings (SSSR count). The third-order valence-corrected chi connectivity index (χ3v) is 4.51. The monoisotopic (exact) mass is 292 g/mol. The van der Waals surface area contributed by atoms with Crippen LogP contribution in [-0.2, 0) is 0 Å². The van der Waals surface area contributed by atoms with Gasteiger partial charge in [-0.1, -0.05) is 66.7 Å². The van der Waals surface area contributed by atoms with Crippen LogP contribution in [-0.4, -0.2) is 0 Å². The summed E-state index contributed by atoms with van der Waals surface area (Å²) in [4.78, 5) is 0. The molecule has 0 aliphatic rings. The van der Waals surface area contributed by atoms with Crippen LogP contribution in [0.15, 0.2) is 84.9 Å². The normalized spacial score (nSPS) is 11.5. The largest absolute Gasteiger partial charge is 0.248 e. The topological polar surface area (TPSA) is 14.1 Å². The maximum absolute atomic E-state index is 4.85. The maximum Gasteiger partial charge on any atom is 0.0715 e. The van der Waals surface area contributed by atoms with Crippen LogP contribution >= 0.6 is 0 Å². The Labute approximate surface area is 134 Å². The molecule has 0 fully saturated rings. The van der Waals surface area contributed by atoms with E-state index in [1.54, 1.807) is 0 Å². The van der Waals surface area contributed by atoms with Crippen molar-refractivity contribution < 1.29 is 0 Å². The maximum atomic E-state index is 4.85. The molecule has 0 saturated carbocycles. The molecule has 0 N–H and O–H groups in total. The molecular weight excluding hydrogens is 278 g/mol. The summed E-state index contributed by atoms with van der Waals surface area (Å²) >= 11 is 0. The minimum atomic E-state index is 0.988. The highest BCUT2D eigenvalue weighted by Gasteiger charge is 2.11. The summed E-state index contributed by atoms with van der Waals surface area (Å²) in [5.74, 6) is 0. The predicted octanol–water partition coefficient (Wildman–Crippen LogP) is 6.15. The van der Waals surface area contributed by atoms with Crippen molar-refractivity contribution in [3.63, 3.8) is 0 Å². The highest BCUT2D eigenvalue weighted by molar-refractivity contribution is 6.24. The third-order valence-electron chi connectivity index (χ3n) is 4.51. The van der Waals surface area contributed by atoms with Crippen molar-refractivity contribution in [2.45, 2.75) is 0 Å². The molecule has 0 aliphatic carbocycles. The Bertz CT molecular complexity index is 1110. The van der Waals surface area contributed by atoms with Crippen molar-refractivity contribution in [1.29, 1.82) is 0 Å². The molecule has 1 nitrogen and oxygen atoms in total. The van der Waals surface area contributed by atoms with E-state index in [2.05, 4.69) is 54.6 Å². The second kappa shape index (κ2) is 4.72. The number of benzene rings is 5. The van der Waals surface area contributed by atoms with Gasteiger partial charge in [-0.15, -0.1) is 0 Å². The van der Waals surface area contributed by atoms with E-state index < -0.39 is 0 Å². The first-order chi connectivity index (χ1) is 11.4. The lowest BCUT2D eigenvalue weighted by Gasteiger charge is -2.13. The van der Waals surface area contributed by atoms with Gasteiger partial charge in [-0.2, -0.15) is 0 Å². The van der Waals surface area contributed by atoms with Gasteiger partial charge in [0.1, 0.15) is 0 Å². The summed E-state index contributed by atoms with van der Waals surface area (Å²) in [5.41, 5.74) is 2.02. The van der Waals surface area contributed by atoms with Crippen molar-refractivity contribution in [1.82, 2.24) is 5.32 Å². The smallest absolute Gasteiger partial charge is 0.0715 e. The van der Waals surface area contributed by atoms with Gasteiger partial charge >= 0.3 is 0 Å². The first-order valence-electron chi connectivity index (χ1n) is 7.83. The molecule has 0 unspecified atom stereocenters. The van der Waals surface area contributed by atoms with Gasteiger partial charge in [0.25, 0.3) is 0 Å². The van der Waals surface area contributed by atoms with Gasteiger partial charge in [0.2, 0.25) is 0 Å². The van der Waals surface area contributed by atoms with Gasteiger partial charge in [-0.3, -0.25) is 0 Å². The van der Waals surface area contributed by atoms with E-state index in [0.29, 0.717) is 0 Å². The van der Waals surface area contributed by atoms with E-state index in [9.17, 15) is 0 Å². The molecule has 0 saturated heterocycles. The third kappa shape index (κ3) is 1.87. The fraction of sp³-hybridized carbons (Fsp3) is 0. The van der Waals surface area contributed by atoms with E-state index >= 15 is 0 Å². The summed E-state index contributed by atoms with van der Waals surface area (Å²) in [5, 5.41) is 12.6. The Balaban J connectivity index is 1.84. The summed E-state index contributed by atoms with van der Waals surface area (Å²) in [6, 6.07) is 29.7. The zero-order valence-electron chi connectivity index (χ0n) is 12.5. The van der Waals surface area contributed by atoms with E-state index in [1.165, 1.54) is 32.3 Å². The van der Waals surface area contributed by atoms with Gasteiger partial charge in [-0.05, 0) is 45.1 Å². The summed E-state index contributed by atoms with van der Waals surface area (Å²) < 4.78 is 0. The zero-order valence-corrected chi connectivity index (χ0v) is 12.5. The SMILES string of the molecule is c1ccc([N]c2ccc3ccc4cccc5ccc2c3c45)cc1. The second-order valence-electron chi connectivity index (χ2n) is 5.89. The number of nitrogens with zero attached hydrogens (tertiary/aromatic N) is 1. The van der Waals surface area contributed by atoms with Crippen LogP contribution in [0.1, 0.15) is 0 Å². The van der Waals surface area contributed by atoms with Crippen LogP contribution in [0.4, 0.5) is 11.4 Å². The van der Waals surface area contributed by atoms with Crippen molar-refractivity contribution in [3.8, 4) is 0 Å². The van der Waals surface area contributed by atoms with Crippen LogP contribution < -0.4 is 5.32 Å². The van der Waals surface area contributed by atoms with Crippen molar-refractivity contribution >= 4 is 43.7 Å². The molecule has 0 aromatic heterocycles. The lowest BCUT2D eigenvalue weighted by atomic mass is 9.93. The van der Waals surface area contributed by atoms with Crippen molar-refractivity contribution in [3.05, 3.63) is 84.9 Å². The first-order valence-corrected chi connectivity index (χ1v) is 7.83. The Morgan fingerprint density at radius 1 is 0.478 bits per heavy atom. The molecule has 0 bridgehead atoms. The van der Waals surface area contributed by atoms with E-state index in [-0.39, 0.29) is 0 Å². The molecule has 1 radical (unpaired) electrons. The molecule has 107 valence electrons. The average Bonchev–Trinajstić information content (AvgIpc) is 2.62. The highest BCUT2D eigenvalue weighted by atomic mass is 14.9. The van der Waals surface area contributed by atoms with Gasteiger partial charge in [0.15, 0.2) is 0 Å². The Morgan fingerprint density at radius 2 is 1.13 bits per heavy atom. The fourth-order valence-electron chi connectivity index (χ4n) is 3.46. The lowest BCUT2D eigenvalue weighted by Crippen LogP contribution is -1.91.